The summed E-state index contributed by atoms with van der Waals surface area (Å²) in [4.78, 5) is 22.5. The predicted molar refractivity (Wildman–Crippen MR) is 67.6 cm³/mol. The van der Waals surface area contributed by atoms with Gasteiger partial charge >= 0.3 is 12.1 Å². The number of carbonyl (C=O) groups excluding carboxylic acids is 2. The summed E-state index contributed by atoms with van der Waals surface area (Å²) in [5, 5.41) is 2.23. The molecule has 0 saturated carbocycles. The Morgan fingerprint density at radius 1 is 1.26 bits per heavy atom. The van der Waals surface area contributed by atoms with Crippen LogP contribution in [0.2, 0.25) is 0 Å². The van der Waals surface area contributed by atoms with Crippen molar-refractivity contribution in [3.63, 3.8) is 0 Å². The normalized spacial score (nSPS) is 10.8. The number of amides is 1. The van der Waals surface area contributed by atoms with Crippen molar-refractivity contribution in [3.8, 4) is 5.75 Å². The number of anilines is 1. The number of ether oxygens (including phenoxy) is 2. The molecule has 0 saturated heterocycles. The van der Waals surface area contributed by atoms with Gasteiger partial charge in [0.15, 0.2) is 11.6 Å². The minimum absolute atomic E-state index is 0.0710. The molecule has 1 N–H and O–H groups in total. The van der Waals surface area contributed by atoms with E-state index in [-0.39, 0.29) is 11.4 Å². The van der Waals surface area contributed by atoms with Crippen LogP contribution in [0.15, 0.2) is 18.2 Å². The minimum atomic E-state index is -0.828. The Morgan fingerprint density at radius 3 is 2.42 bits per heavy atom. The highest BCUT2D eigenvalue weighted by Crippen LogP contribution is 2.28. The van der Waals surface area contributed by atoms with Gasteiger partial charge in [-0.3, -0.25) is 10.1 Å². The molecule has 0 spiro atoms. The standard InChI is InChI=1S/C13H16FNO4/c1-8(16)18-10-7-5-6-9(14)11(10)15-12(17)19-13(2,3)4/h5-7H,1-4H3,(H,15,17). The summed E-state index contributed by atoms with van der Waals surface area (Å²) < 4.78 is 23.4. The molecule has 0 heterocycles. The van der Waals surface area contributed by atoms with Crippen LogP contribution in [-0.2, 0) is 9.53 Å². The van der Waals surface area contributed by atoms with E-state index in [2.05, 4.69) is 5.32 Å². The SMILES string of the molecule is CC(=O)Oc1cccc(F)c1NC(=O)OC(C)(C)C. The largest absolute Gasteiger partial charge is 0.444 e. The number of benzene rings is 1. The Labute approximate surface area is 110 Å². The van der Waals surface area contributed by atoms with Gasteiger partial charge in [-0.15, -0.1) is 0 Å². The maximum atomic E-state index is 13.6. The molecule has 1 amide bonds. The predicted octanol–water partition coefficient (Wildman–Crippen LogP) is 3.10. The molecule has 19 heavy (non-hydrogen) atoms. The van der Waals surface area contributed by atoms with E-state index in [1.807, 2.05) is 0 Å². The maximum Gasteiger partial charge on any atom is 0.412 e. The Hall–Kier alpha value is -2.11. The quantitative estimate of drug-likeness (QED) is 0.662. The fourth-order valence-corrected chi connectivity index (χ4v) is 1.27. The number of carbonyl (C=O) groups is 2. The summed E-state index contributed by atoms with van der Waals surface area (Å²) in [6, 6.07) is 3.88. The van der Waals surface area contributed by atoms with Crippen molar-refractivity contribution in [1.82, 2.24) is 0 Å². The lowest BCUT2D eigenvalue weighted by Crippen LogP contribution is -2.27. The van der Waals surface area contributed by atoms with E-state index in [1.165, 1.54) is 19.1 Å². The summed E-state index contributed by atoms with van der Waals surface area (Å²) >= 11 is 0. The monoisotopic (exact) mass is 269 g/mol. The van der Waals surface area contributed by atoms with E-state index in [9.17, 15) is 14.0 Å². The van der Waals surface area contributed by atoms with Crippen molar-refractivity contribution in [3.05, 3.63) is 24.0 Å². The van der Waals surface area contributed by atoms with Gasteiger partial charge in [-0.25, -0.2) is 9.18 Å². The number of hydrogen-bond donors (Lipinski definition) is 1. The van der Waals surface area contributed by atoms with Crippen LogP contribution in [0, 0.1) is 5.82 Å². The third-order valence-corrected chi connectivity index (χ3v) is 1.86. The maximum absolute atomic E-state index is 13.6. The number of hydrogen-bond acceptors (Lipinski definition) is 4. The van der Waals surface area contributed by atoms with E-state index in [0.29, 0.717) is 0 Å². The molecule has 0 unspecified atom stereocenters. The van der Waals surface area contributed by atoms with Crippen LogP contribution in [0.4, 0.5) is 14.9 Å². The van der Waals surface area contributed by atoms with E-state index in [0.717, 1.165) is 6.07 Å². The molecule has 0 aliphatic rings. The molecule has 0 atom stereocenters. The molecule has 0 fully saturated rings. The van der Waals surface area contributed by atoms with Crippen molar-refractivity contribution in [1.29, 1.82) is 0 Å². The van der Waals surface area contributed by atoms with Crippen molar-refractivity contribution in [2.24, 2.45) is 0 Å². The molecule has 0 aliphatic carbocycles. The van der Waals surface area contributed by atoms with Crippen LogP contribution < -0.4 is 10.1 Å². The van der Waals surface area contributed by atoms with Gasteiger partial charge in [-0.2, -0.15) is 0 Å². The lowest BCUT2D eigenvalue weighted by atomic mass is 10.2. The van der Waals surface area contributed by atoms with E-state index < -0.39 is 23.5 Å². The smallest absolute Gasteiger partial charge is 0.412 e. The summed E-state index contributed by atoms with van der Waals surface area (Å²) in [5.41, 5.74) is -0.941. The second-order valence-corrected chi connectivity index (χ2v) is 4.83. The first kappa shape index (κ1) is 14.9. The van der Waals surface area contributed by atoms with E-state index in [1.54, 1.807) is 20.8 Å². The molecule has 6 heteroatoms. The Balaban J connectivity index is 2.93. The molecule has 0 aromatic heterocycles. The first-order valence-corrected chi connectivity index (χ1v) is 5.66. The Kier molecular flexibility index (Phi) is 4.47. The molecule has 1 rings (SSSR count). The highest BCUT2D eigenvalue weighted by molar-refractivity contribution is 5.88. The number of rotatable bonds is 2. The fourth-order valence-electron chi connectivity index (χ4n) is 1.27. The van der Waals surface area contributed by atoms with Crippen molar-refractivity contribution in [2.45, 2.75) is 33.3 Å². The van der Waals surface area contributed by atoms with Crippen LogP contribution in [0.5, 0.6) is 5.75 Å². The van der Waals surface area contributed by atoms with E-state index in [4.69, 9.17) is 9.47 Å². The van der Waals surface area contributed by atoms with Gasteiger partial charge in [0.25, 0.3) is 0 Å². The van der Waals surface area contributed by atoms with Gasteiger partial charge < -0.3 is 9.47 Å². The number of halogens is 1. The van der Waals surface area contributed by atoms with Gasteiger partial charge in [0.05, 0.1) is 0 Å². The lowest BCUT2D eigenvalue weighted by Gasteiger charge is -2.20. The van der Waals surface area contributed by atoms with Crippen molar-refractivity contribution in [2.75, 3.05) is 5.32 Å². The van der Waals surface area contributed by atoms with Gasteiger partial charge in [0.2, 0.25) is 0 Å². The summed E-state index contributed by atoms with van der Waals surface area (Å²) in [6.07, 6.45) is -0.828. The topological polar surface area (TPSA) is 64.6 Å². The average Bonchev–Trinajstić information content (AvgIpc) is 2.19. The molecule has 104 valence electrons. The summed E-state index contributed by atoms with van der Waals surface area (Å²) in [5.74, 6) is -1.40. The van der Waals surface area contributed by atoms with Crippen LogP contribution in [-0.4, -0.2) is 17.7 Å². The van der Waals surface area contributed by atoms with E-state index >= 15 is 0 Å². The van der Waals surface area contributed by atoms with Crippen LogP contribution in [0.25, 0.3) is 0 Å². The summed E-state index contributed by atoms with van der Waals surface area (Å²) in [7, 11) is 0. The first-order valence-electron chi connectivity index (χ1n) is 5.66. The number of esters is 1. The molecule has 1 aromatic rings. The summed E-state index contributed by atoms with van der Waals surface area (Å²) in [6.45, 7) is 6.23. The second kappa shape index (κ2) is 5.69. The average molecular weight is 269 g/mol. The first-order chi connectivity index (χ1) is 8.69. The second-order valence-electron chi connectivity index (χ2n) is 4.83. The molecule has 0 aliphatic heterocycles. The molecular formula is C13H16FNO4. The molecule has 5 nitrogen and oxygen atoms in total. The minimum Gasteiger partial charge on any atom is -0.444 e. The van der Waals surface area contributed by atoms with Gasteiger partial charge in [-0.1, -0.05) is 6.07 Å². The van der Waals surface area contributed by atoms with Crippen LogP contribution in [0.1, 0.15) is 27.7 Å². The highest BCUT2D eigenvalue weighted by Gasteiger charge is 2.20. The molecule has 0 radical (unpaired) electrons. The van der Waals surface area contributed by atoms with Gasteiger partial charge in [0, 0.05) is 6.92 Å². The lowest BCUT2D eigenvalue weighted by molar-refractivity contribution is -0.131. The highest BCUT2D eigenvalue weighted by atomic mass is 19.1. The zero-order valence-electron chi connectivity index (χ0n) is 11.2. The number of para-hydroxylation sites is 1. The third-order valence-electron chi connectivity index (χ3n) is 1.86. The zero-order valence-corrected chi connectivity index (χ0v) is 11.2. The van der Waals surface area contributed by atoms with Crippen molar-refractivity contribution >= 4 is 17.7 Å². The van der Waals surface area contributed by atoms with Crippen LogP contribution >= 0.6 is 0 Å². The molecular weight excluding hydrogens is 253 g/mol. The van der Waals surface area contributed by atoms with Crippen LogP contribution in [0.3, 0.4) is 0 Å². The van der Waals surface area contributed by atoms with Crippen molar-refractivity contribution < 1.29 is 23.5 Å². The Morgan fingerprint density at radius 2 is 1.89 bits per heavy atom. The fraction of sp³-hybridized carbons (Fsp3) is 0.385. The van der Waals surface area contributed by atoms with Gasteiger partial charge in [0.1, 0.15) is 11.3 Å². The number of nitrogens with one attached hydrogen (secondary N) is 1. The molecule has 0 bridgehead atoms. The zero-order chi connectivity index (χ0) is 14.6. The third kappa shape index (κ3) is 4.95. The Bertz CT molecular complexity index is 494. The van der Waals surface area contributed by atoms with Gasteiger partial charge in [-0.05, 0) is 32.9 Å². The molecule has 1 aromatic carbocycles.